The average Bonchev–Trinajstić information content (AvgIpc) is 2.50. The molecule has 0 aliphatic carbocycles. The summed E-state index contributed by atoms with van der Waals surface area (Å²) >= 11 is 6.14. The zero-order valence-corrected chi connectivity index (χ0v) is 12.7. The summed E-state index contributed by atoms with van der Waals surface area (Å²) in [5, 5.41) is 11.1. The highest BCUT2D eigenvalue weighted by Crippen LogP contribution is 2.29. The van der Waals surface area contributed by atoms with E-state index in [0.717, 1.165) is 11.1 Å². The summed E-state index contributed by atoms with van der Waals surface area (Å²) in [5.41, 5.74) is 1.67. The van der Waals surface area contributed by atoms with Crippen LogP contribution in [0.3, 0.4) is 0 Å². The van der Waals surface area contributed by atoms with Crippen LogP contribution in [0.2, 0.25) is 5.02 Å². The molecule has 0 aliphatic heterocycles. The van der Waals surface area contributed by atoms with Crippen molar-refractivity contribution < 1.29 is 14.6 Å². The Morgan fingerprint density at radius 3 is 2.52 bits per heavy atom. The molecular weight excluding hydrogens is 288 g/mol. The zero-order chi connectivity index (χ0) is 15.1. The molecule has 0 bridgehead atoms. The maximum Gasteiger partial charge on any atom is 0.125 e. The summed E-state index contributed by atoms with van der Waals surface area (Å²) in [6, 6.07) is 15.0. The first kappa shape index (κ1) is 15.8. The predicted octanol–water partition coefficient (Wildman–Crippen LogP) is 3.64. The van der Waals surface area contributed by atoms with Gasteiger partial charge in [0.25, 0.3) is 0 Å². The van der Waals surface area contributed by atoms with Crippen LogP contribution < -0.4 is 4.74 Å². The maximum atomic E-state index is 10.5. The standard InChI is InChI=1S/C17H19ClO3/c1-20-10-11-21-17-9-5-3-7-14(17)16(19)12-13-6-2-4-8-15(13)18/h2-9,16,19H,10-12H2,1H3. The Morgan fingerprint density at radius 1 is 1.05 bits per heavy atom. The molecule has 2 aromatic rings. The summed E-state index contributed by atoms with van der Waals surface area (Å²) in [6.07, 6.45) is -0.215. The van der Waals surface area contributed by atoms with Gasteiger partial charge in [0.2, 0.25) is 0 Å². The van der Waals surface area contributed by atoms with Crippen LogP contribution in [-0.2, 0) is 11.2 Å². The summed E-state index contributed by atoms with van der Waals surface area (Å²) in [7, 11) is 1.63. The number of methoxy groups -OCH3 is 1. The van der Waals surface area contributed by atoms with Crippen molar-refractivity contribution in [1.29, 1.82) is 0 Å². The van der Waals surface area contributed by atoms with Crippen LogP contribution in [0.15, 0.2) is 48.5 Å². The van der Waals surface area contributed by atoms with Gasteiger partial charge in [-0.1, -0.05) is 48.0 Å². The number of hydrogen-bond acceptors (Lipinski definition) is 3. The molecule has 0 amide bonds. The van der Waals surface area contributed by atoms with Crippen LogP contribution in [0.4, 0.5) is 0 Å². The zero-order valence-electron chi connectivity index (χ0n) is 12.0. The number of aliphatic hydroxyl groups is 1. The molecule has 0 saturated carbocycles. The SMILES string of the molecule is COCCOc1ccccc1C(O)Cc1ccccc1Cl. The Hall–Kier alpha value is -1.55. The van der Waals surface area contributed by atoms with E-state index < -0.39 is 6.10 Å². The molecule has 0 aliphatic rings. The molecule has 1 N–H and O–H groups in total. The molecule has 0 heterocycles. The minimum absolute atomic E-state index is 0.449. The summed E-state index contributed by atoms with van der Waals surface area (Å²) < 4.78 is 10.6. The Kier molecular flexibility index (Phi) is 6.05. The van der Waals surface area contributed by atoms with E-state index in [1.54, 1.807) is 7.11 Å². The van der Waals surface area contributed by atoms with E-state index in [0.29, 0.717) is 30.4 Å². The van der Waals surface area contributed by atoms with Gasteiger partial charge in [0.15, 0.2) is 0 Å². The number of ether oxygens (including phenoxy) is 2. The van der Waals surface area contributed by atoms with Gasteiger partial charge in [-0.05, 0) is 17.7 Å². The lowest BCUT2D eigenvalue weighted by Crippen LogP contribution is -2.09. The van der Waals surface area contributed by atoms with Crippen molar-refractivity contribution in [2.75, 3.05) is 20.3 Å². The number of benzene rings is 2. The van der Waals surface area contributed by atoms with E-state index in [2.05, 4.69) is 0 Å². The second-order valence-corrected chi connectivity index (χ2v) is 5.10. The minimum atomic E-state index is -0.663. The largest absolute Gasteiger partial charge is 0.491 e. The van der Waals surface area contributed by atoms with Crippen LogP contribution in [0.1, 0.15) is 17.2 Å². The van der Waals surface area contributed by atoms with Crippen molar-refractivity contribution in [2.24, 2.45) is 0 Å². The van der Waals surface area contributed by atoms with E-state index in [1.165, 1.54) is 0 Å². The Labute approximate surface area is 130 Å². The van der Waals surface area contributed by atoms with Gasteiger partial charge in [-0.3, -0.25) is 0 Å². The molecule has 2 aromatic carbocycles. The van der Waals surface area contributed by atoms with E-state index in [-0.39, 0.29) is 0 Å². The highest BCUT2D eigenvalue weighted by molar-refractivity contribution is 6.31. The molecule has 3 nitrogen and oxygen atoms in total. The number of hydrogen-bond donors (Lipinski definition) is 1. The van der Waals surface area contributed by atoms with Crippen molar-refractivity contribution in [3.63, 3.8) is 0 Å². The van der Waals surface area contributed by atoms with Crippen LogP contribution >= 0.6 is 11.6 Å². The Morgan fingerprint density at radius 2 is 1.76 bits per heavy atom. The molecule has 0 radical (unpaired) electrons. The van der Waals surface area contributed by atoms with Crippen molar-refractivity contribution in [3.8, 4) is 5.75 Å². The molecule has 21 heavy (non-hydrogen) atoms. The summed E-state index contributed by atoms with van der Waals surface area (Å²) in [4.78, 5) is 0. The fourth-order valence-electron chi connectivity index (χ4n) is 2.10. The predicted molar refractivity (Wildman–Crippen MR) is 83.9 cm³/mol. The monoisotopic (exact) mass is 306 g/mol. The Bertz CT molecular complexity index is 571. The maximum absolute atomic E-state index is 10.5. The highest BCUT2D eigenvalue weighted by atomic mass is 35.5. The minimum Gasteiger partial charge on any atom is -0.491 e. The van der Waals surface area contributed by atoms with Crippen LogP contribution in [-0.4, -0.2) is 25.4 Å². The Balaban J connectivity index is 2.11. The van der Waals surface area contributed by atoms with E-state index >= 15 is 0 Å². The first-order valence-corrected chi connectivity index (χ1v) is 7.22. The van der Waals surface area contributed by atoms with Crippen molar-refractivity contribution in [2.45, 2.75) is 12.5 Å². The van der Waals surface area contributed by atoms with Gasteiger partial charge in [0.1, 0.15) is 12.4 Å². The molecule has 0 fully saturated rings. The second-order valence-electron chi connectivity index (χ2n) is 4.69. The first-order valence-electron chi connectivity index (χ1n) is 6.84. The van der Waals surface area contributed by atoms with Crippen molar-refractivity contribution in [3.05, 3.63) is 64.7 Å². The van der Waals surface area contributed by atoms with Crippen LogP contribution in [0.25, 0.3) is 0 Å². The van der Waals surface area contributed by atoms with Gasteiger partial charge in [0.05, 0.1) is 12.7 Å². The van der Waals surface area contributed by atoms with Gasteiger partial charge >= 0.3 is 0 Å². The first-order chi connectivity index (χ1) is 10.2. The quantitative estimate of drug-likeness (QED) is 0.794. The number of halogens is 1. The third kappa shape index (κ3) is 4.46. The number of aliphatic hydroxyl groups excluding tert-OH is 1. The lowest BCUT2D eigenvalue weighted by molar-refractivity contribution is 0.138. The third-order valence-electron chi connectivity index (χ3n) is 3.19. The topological polar surface area (TPSA) is 38.7 Å². The summed E-state index contributed by atoms with van der Waals surface area (Å²) in [5.74, 6) is 0.675. The molecule has 0 aromatic heterocycles. The number of rotatable bonds is 7. The molecular formula is C17H19ClO3. The van der Waals surface area contributed by atoms with Gasteiger partial charge in [0, 0.05) is 24.1 Å². The van der Waals surface area contributed by atoms with Crippen molar-refractivity contribution >= 4 is 11.6 Å². The lowest BCUT2D eigenvalue weighted by atomic mass is 10.0. The average molecular weight is 307 g/mol. The normalized spacial score (nSPS) is 12.1. The molecule has 112 valence electrons. The van der Waals surface area contributed by atoms with Gasteiger partial charge in [-0.15, -0.1) is 0 Å². The van der Waals surface area contributed by atoms with Gasteiger partial charge < -0.3 is 14.6 Å². The van der Waals surface area contributed by atoms with E-state index in [9.17, 15) is 5.11 Å². The molecule has 4 heteroatoms. The number of para-hydroxylation sites is 1. The van der Waals surface area contributed by atoms with Gasteiger partial charge in [-0.25, -0.2) is 0 Å². The fraction of sp³-hybridized carbons (Fsp3) is 0.294. The molecule has 2 rings (SSSR count). The lowest BCUT2D eigenvalue weighted by Gasteiger charge is -2.16. The molecule has 0 spiro atoms. The van der Waals surface area contributed by atoms with E-state index in [1.807, 2.05) is 48.5 Å². The van der Waals surface area contributed by atoms with Crippen molar-refractivity contribution in [1.82, 2.24) is 0 Å². The van der Waals surface area contributed by atoms with Gasteiger partial charge in [-0.2, -0.15) is 0 Å². The summed E-state index contributed by atoms with van der Waals surface area (Å²) in [6.45, 7) is 0.960. The van der Waals surface area contributed by atoms with Crippen LogP contribution in [0.5, 0.6) is 5.75 Å². The third-order valence-corrected chi connectivity index (χ3v) is 3.56. The molecule has 1 unspecified atom stereocenters. The fourth-order valence-corrected chi connectivity index (χ4v) is 2.32. The smallest absolute Gasteiger partial charge is 0.125 e. The highest BCUT2D eigenvalue weighted by Gasteiger charge is 2.15. The van der Waals surface area contributed by atoms with Crippen LogP contribution in [0, 0.1) is 0 Å². The molecule has 1 atom stereocenters. The second kappa shape index (κ2) is 8.03. The molecule has 0 saturated heterocycles. The van der Waals surface area contributed by atoms with E-state index in [4.69, 9.17) is 21.1 Å².